The van der Waals surface area contributed by atoms with Crippen LogP contribution in [0, 0.1) is 0 Å². The molecule has 0 aliphatic carbocycles. The van der Waals surface area contributed by atoms with Crippen molar-refractivity contribution in [2.45, 2.75) is 0 Å². The van der Waals surface area contributed by atoms with Gasteiger partial charge in [0.1, 0.15) is 0 Å². The number of rotatable bonds is 5. The lowest BCUT2D eigenvalue weighted by molar-refractivity contribution is 1.35. The van der Waals surface area contributed by atoms with Crippen LogP contribution in [0.4, 0.5) is 34.1 Å². The van der Waals surface area contributed by atoms with E-state index in [1.54, 1.807) is 0 Å². The van der Waals surface area contributed by atoms with Crippen LogP contribution in [0.25, 0.3) is 77.9 Å². The first-order valence-electron chi connectivity index (χ1n) is 32.0. The third-order valence-electron chi connectivity index (χ3n) is 21.0. The highest BCUT2D eigenvalue weighted by Gasteiger charge is 2.49. The lowest BCUT2D eigenvalue weighted by atomic mass is 9.43. The molecule has 0 atom stereocenters. The highest BCUT2D eigenvalue weighted by Crippen LogP contribution is 2.50. The van der Waals surface area contributed by atoms with Crippen molar-refractivity contribution in [2.24, 2.45) is 0 Å². The lowest BCUT2D eigenvalue weighted by Gasteiger charge is -2.45. The summed E-state index contributed by atoms with van der Waals surface area (Å²) in [5.74, 6) is 0. The van der Waals surface area contributed by atoms with Gasteiger partial charge in [-0.25, -0.2) is 0 Å². The van der Waals surface area contributed by atoms with Gasteiger partial charge in [-0.3, -0.25) is 0 Å². The minimum absolute atomic E-state index is 0.0401. The van der Waals surface area contributed by atoms with Crippen molar-refractivity contribution in [3.63, 3.8) is 0 Å². The summed E-state index contributed by atoms with van der Waals surface area (Å²) in [5, 5.41) is 5.42. The van der Waals surface area contributed by atoms with Crippen LogP contribution in [0.3, 0.4) is 0 Å². The van der Waals surface area contributed by atoms with Crippen molar-refractivity contribution in [2.75, 3.05) is 14.4 Å². The number of nitrogens with zero attached hydrogens (tertiary/aromatic N) is 3. The molecule has 7 heteroatoms. The predicted molar refractivity (Wildman–Crippen MR) is 389 cm³/mol. The molecule has 0 amide bonds. The first kappa shape index (κ1) is 50.8. The maximum atomic E-state index is 2.64. The van der Waals surface area contributed by atoms with E-state index in [-0.39, 0.29) is 20.5 Å². The molecule has 0 N–H and O–H groups in total. The number of benzene rings is 14. The molecule has 3 nitrogen and oxygen atoms in total. The molecule has 0 saturated heterocycles. The first-order valence-corrected chi connectivity index (χ1v) is 34.0. The Morgan fingerprint density at radius 1 is 0.176 bits per heavy atom. The Bertz CT molecular complexity index is 5360. The smallest absolute Gasteiger partial charge is 0.329 e. The molecule has 6 heterocycles. The molecule has 20 rings (SSSR count). The molecule has 0 radical (unpaired) electrons. The molecule has 91 heavy (non-hydrogen) atoms. The van der Waals surface area contributed by atoms with E-state index in [0.29, 0.717) is 0 Å². The standard InChI is InChI=1S/C84H54B3N3Si/c1-3-23-57(24-4-1)91(58-25-5-2-6-26-58,60-46-50-84-72(54-60)63-29-9-17-37-75(63)85-73-35-15-7-27-61(73)65-31-11-19-39-80(65)90(84)85)59-45-49-78-71(53-59)68-34-14-22-42-83(68)89-82-41-21-13-33-67(82)70-52-56(44-48-77(70)87(78)89)55-43-47-76-69(51-55)66-32-12-20-40-81(66)88-79-38-18-10-30-64(79)62-28-8-16-36-74(62)86(76)88/h1-54H. The molecule has 14 aromatic carbocycles. The lowest BCUT2D eigenvalue weighted by Crippen LogP contribution is -2.75. The highest BCUT2D eigenvalue weighted by atomic mass is 28.3. The molecule has 6 aliphatic heterocycles. The Hall–Kier alpha value is -11.1. The summed E-state index contributed by atoms with van der Waals surface area (Å²) in [6, 6.07) is 125. The molecule has 0 spiro atoms. The van der Waals surface area contributed by atoms with Crippen LogP contribution in [0.1, 0.15) is 0 Å². The maximum absolute atomic E-state index is 3.16. The second kappa shape index (κ2) is 19.4. The molecular weight excluding hydrogens is 1110 g/mol. The molecule has 14 aromatic rings. The van der Waals surface area contributed by atoms with Crippen molar-refractivity contribution in [1.82, 2.24) is 0 Å². The third kappa shape index (κ3) is 7.07. The van der Waals surface area contributed by atoms with E-state index in [4.69, 9.17) is 0 Å². The third-order valence-corrected chi connectivity index (χ3v) is 25.8. The number of fused-ring (bicyclic) bond motifs is 33. The van der Waals surface area contributed by atoms with E-state index >= 15 is 0 Å². The van der Waals surface area contributed by atoms with Gasteiger partial charge in [0.2, 0.25) is 0 Å². The van der Waals surface area contributed by atoms with E-state index in [0.717, 1.165) is 0 Å². The normalized spacial score (nSPS) is 13.6. The Morgan fingerprint density at radius 3 is 0.835 bits per heavy atom. The molecule has 0 aromatic heterocycles. The van der Waals surface area contributed by atoms with Crippen molar-refractivity contribution in [3.8, 4) is 77.9 Å². The SMILES string of the molecule is c1ccc([Si](c2ccccc2)(c2ccc3c(c2)-c2ccccc2N2B3c3ccc(-c4ccc5c(c4)-c4ccccc4N4B5c5ccccc5-c5ccccc54)cc3-c3ccccc32)c2ccc3c(c2)-c2ccccc2B2c4ccccc4-c4ccccc4N23)cc1. The fourth-order valence-corrected chi connectivity index (χ4v) is 22.1. The van der Waals surface area contributed by atoms with Gasteiger partial charge in [0.25, 0.3) is 0 Å². The molecule has 6 aliphatic rings. The van der Waals surface area contributed by atoms with Crippen molar-refractivity contribution in [3.05, 3.63) is 328 Å². The maximum Gasteiger partial charge on any atom is 0.329 e. The largest absolute Gasteiger partial charge is 0.376 e. The average Bonchev–Trinajstić information content (AvgIpc) is 0.738. The molecule has 0 saturated carbocycles. The van der Waals surface area contributed by atoms with Gasteiger partial charge in [-0.15, -0.1) is 0 Å². The van der Waals surface area contributed by atoms with Crippen molar-refractivity contribution >= 4 is 116 Å². The molecule has 0 unspecified atom stereocenters. The fourth-order valence-electron chi connectivity index (χ4n) is 17.3. The van der Waals surface area contributed by atoms with Gasteiger partial charge in [0.05, 0.1) is 0 Å². The molecule has 0 bridgehead atoms. The average molecular weight is 1170 g/mol. The van der Waals surface area contributed by atoms with Crippen LogP contribution >= 0.6 is 0 Å². The zero-order valence-corrected chi connectivity index (χ0v) is 50.8. The zero-order valence-electron chi connectivity index (χ0n) is 49.8. The van der Waals surface area contributed by atoms with Crippen LogP contribution < -0.4 is 68.0 Å². The minimum Gasteiger partial charge on any atom is -0.376 e. The number of para-hydroxylation sites is 5. The minimum atomic E-state index is -3.16. The molecule has 418 valence electrons. The monoisotopic (exact) mass is 1170 g/mol. The van der Waals surface area contributed by atoms with Gasteiger partial charge in [0.15, 0.2) is 8.07 Å². The Kier molecular flexibility index (Phi) is 10.9. The van der Waals surface area contributed by atoms with Gasteiger partial charge in [-0.05, 0) is 147 Å². The van der Waals surface area contributed by atoms with E-state index in [9.17, 15) is 0 Å². The van der Waals surface area contributed by atoms with Gasteiger partial charge < -0.3 is 14.4 Å². The number of hydrogen-bond donors (Lipinski definition) is 0. The molecular formula is C84H54B3N3Si. The number of anilines is 6. The summed E-state index contributed by atoms with van der Waals surface area (Å²) in [4.78, 5) is 7.85. The second-order valence-corrected chi connectivity index (χ2v) is 29.1. The summed E-state index contributed by atoms with van der Waals surface area (Å²) in [6.07, 6.45) is 0. The van der Waals surface area contributed by atoms with E-state index in [1.807, 2.05) is 0 Å². The Morgan fingerprint density at radius 2 is 0.440 bits per heavy atom. The van der Waals surface area contributed by atoms with E-state index in [1.165, 1.54) is 166 Å². The summed E-state index contributed by atoms with van der Waals surface area (Å²) < 4.78 is 0. The topological polar surface area (TPSA) is 9.72 Å². The first-order chi connectivity index (χ1) is 45.2. The van der Waals surface area contributed by atoms with Gasteiger partial charge in [-0.2, -0.15) is 0 Å². The Labute approximate surface area is 532 Å². The summed E-state index contributed by atoms with van der Waals surface area (Å²) in [5.41, 5.74) is 33.2. The quantitative estimate of drug-likeness (QED) is 0.126. The van der Waals surface area contributed by atoms with E-state index in [2.05, 4.69) is 342 Å². The predicted octanol–water partition coefficient (Wildman–Crippen LogP) is 13.4. The van der Waals surface area contributed by atoms with Crippen LogP contribution in [0.2, 0.25) is 0 Å². The zero-order chi connectivity index (χ0) is 59.5. The van der Waals surface area contributed by atoms with Gasteiger partial charge in [0, 0.05) is 67.5 Å². The van der Waals surface area contributed by atoms with Crippen LogP contribution in [-0.2, 0) is 0 Å². The molecule has 0 fully saturated rings. The van der Waals surface area contributed by atoms with Crippen LogP contribution in [0.5, 0.6) is 0 Å². The van der Waals surface area contributed by atoms with Crippen molar-refractivity contribution < 1.29 is 0 Å². The summed E-state index contributed by atoms with van der Waals surface area (Å²) in [6.45, 7) is 0.00710. The Balaban J connectivity index is 0.763. The fraction of sp³-hybridized carbons (Fsp3) is 0. The summed E-state index contributed by atoms with van der Waals surface area (Å²) in [7, 11) is -3.16. The van der Waals surface area contributed by atoms with E-state index < -0.39 is 8.07 Å². The van der Waals surface area contributed by atoms with Gasteiger partial charge in [-0.1, -0.05) is 279 Å². The summed E-state index contributed by atoms with van der Waals surface area (Å²) >= 11 is 0. The van der Waals surface area contributed by atoms with Crippen LogP contribution in [-0.4, -0.2) is 28.6 Å². The van der Waals surface area contributed by atoms with Crippen molar-refractivity contribution in [1.29, 1.82) is 0 Å². The second-order valence-electron chi connectivity index (χ2n) is 25.3. The van der Waals surface area contributed by atoms with Crippen LogP contribution in [0.15, 0.2) is 328 Å². The highest BCUT2D eigenvalue weighted by molar-refractivity contribution is 7.20. The number of hydrogen-bond acceptors (Lipinski definition) is 3. The van der Waals surface area contributed by atoms with Gasteiger partial charge >= 0.3 is 20.5 Å².